The number of halogens is 2. The van der Waals surface area contributed by atoms with Gasteiger partial charge in [-0.1, -0.05) is 0 Å². The van der Waals surface area contributed by atoms with Crippen molar-refractivity contribution in [2.45, 2.75) is 0 Å². The zero-order valence-electron chi connectivity index (χ0n) is 14.6. The van der Waals surface area contributed by atoms with E-state index in [1.54, 1.807) is 42.7 Å². The Labute approximate surface area is 181 Å². The molecule has 0 atom stereocenters. The standard InChI is InChI=1S/C20H12Br2N4O3/c21-15-2-9(3-16(22)17(15)27)1-14-13-5-11(8-25-19(13)26-20(14)29)10-4-12(18(23)28)7-24-6-10/h1-8,27H,(H2,23,28)(H,25,26,29)/b14-1-. The highest BCUT2D eigenvalue weighted by Gasteiger charge is 2.26. The van der Waals surface area contributed by atoms with E-state index in [1.807, 2.05) is 0 Å². The molecule has 4 N–H and O–H groups in total. The molecule has 1 aliphatic heterocycles. The molecule has 0 bridgehead atoms. The van der Waals surface area contributed by atoms with E-state index in [0.29, 0.717) is 42.6 Å². The number of primary amides is 1. The van der Waals surface area contributed by atoms with E-state index >= 15 is 0 Å². The van der Waals surface area contributed by atoms with Crippen molar-refractivity contribution in [1.29, 1.82) is 0 Å². The highest BCUT2D eigenvalue weighted by atomic mass is 79.9. The fourth-order valence-electron chi connectivity index (χ4n) is 2.94. The van der Waals surface area contributed by atoms with Gasteiger partial charge in [0.15, 0.2) is 0 Å². The normalized spacial score (nSPS) is 14.0. The van der Waals surface area contributed by atoms with Gasteiger partial charge in [-0.3, -0.25) is 14.6 Å². The van der Waals surface area contributed by atoms with E-state index in [9.17, 15) is 14.7 Å². The largest absolute Gasteiger partial charge is 0.506 e. The van der Waals surface area contributed by atoms with E-state index in [0.717, 1.165) is 0 Å². The first-order valence-corrected chi connectivity index (χ1v) is 9.89. The number of hydrogen-bond donors (Lipinski definition) is 3. The Morgan fingerprint density at radius 3 is 2.45 bits per heavy atom. The van der Waals surface area contributed by atoms with Gasteiger partial charge in [0, 0.05) is 35.3 Å². The summed E-state index contributed by atoms with van der Waals surface area (Å²) in [5, 5.41) is 12.6. The number of carbonyl (C=O) groups is 2. The summed E-state index contributed by atoms with van der Waals surface area (Å²) in [6.45, 7) is 0. The predicted molar refractivity (Wildman–Crippen MR) is 116 cm³/mol. The second kappa shape index (κ2) is 7.41. The number of aromatic nitrogens is 2. The fraction of sp³-hybridized carbons (Fsp3) is 0. The van der Waals surface area contributed by atoms with Crippen molar-refractivity contribution in [3.05, 3.63) is 68.5 Å². The Morgan fingerprint density at radius 1 is 1.07 bits per heavy atom. The van der Waals surface area contributed by atoms with Gasteiger partial charge in [0.05, 0.1) is 20.1 Å². The third-order valence-corrected chi connectivity index (χ3v) is 5.57. The maximum atomic E-state index is 12.5. The Kier molecular flexibility index (Phi) is 4.93. The number of aromatic hydroxyl groups is 1. The number of phenols is 1. The van der Waals surface area contributed by atoms with Crippen molar-refractivity contribution in [1.82, 2.24) is 9.97 Å². The summed E-state index contributed by atoms with van der Waals surface area (Å²) in [6.07, 6.45) is 6.29. The highest BCUT2D eigenvalue weighted by molar-refractivity contribution is 9.11. The van der Waals surface area contributed by atoms with Gasteiger partial charge in [0.25, 0.3) is 5.91 Å². The van der Waals surface area contributed by atoms with Crippen molar-refractivity contribution in [2.24, 2.45) is 5.73 Å². The molecular formula is C20H12Br2N4O3. The zero-order valence-corrected chi connectivity index (χ0v) is 17.8. The second-order valence-corrected chi connectivity index (χ2v) is 8.00. The number of nitrogens with two attached hydrogens (primary N) is 1. The van der Waals surface area contributed by atoms with Crippen LogP contribution in [0.25, 0.3) is 22.8 Å². The van der Waals surface area contributed by atoms with Gasteiger partial charge in [-0.2, -0.15) is 0 Å². The number of fused-ring (bicyclic) bond motifs is 1. The van der Waals surface area contributed by atoms with Crippen molar-refractivity contribution in [2.75, 3.05) is 5.32 Å². The first kappa shape index (κ1) is 19.3. The van der Waals surface area contributed by atoms with Crippen LogP contribution in [0.15, 0.2) is 51.8 Å². The number of nitrogens with zero attached hydrogens (tertiary/aromatic N) is 2. The van der Waals surface area contributed by atoms with E-state index < -0.39 is 5.91 Å². The average molecular weight is 516 g/mol. The van der Waals surface area contributed by atoms with Gasteiger partial charge in [0.1, 0.15) is 11.6 Å². The second-order valence-electron chi connectivity index (χ2n) is 6.29. The summed E-state index contributed by atoms with van der Waals surface area (Å²) >= 11 is 6.57. The third kappa shape index (κ3) is 3.66. The van der Waals surface area contributed by atoms with E-state index in [-0.39, 0.29) is 17.2 Å². The van der Waals surface area contributed by atoms with Gasteiger partial charge < -0.3 is 16.2 Å². The number of phenolic OH excluding ortho intramolecular Hbond substituents is 1. The number of amides is 2. The number of anilines is 1. The molecule has 2 amide bonds. The maximum absolute atomic E-state index is 12.5. The molecule has 7 nitrogen and oxygen atoms in total. The molecule has 0 aliphatic carbocycles. The quantitative estimate of drug-likeness (QED) is 0.456. The maximum Gasteiger partial charge on any atom is 0.257 e. The lowest BCUT2D eigenvalue weighted by Gasteiger charge is -2.06. The molecule has 0 saturated carbocycles. The van der Waals surface area contributed by atoms with Gasteiger partial charge in [0.2, 0.25) is 5.91 Å². The van der Waals surface area contributed by atoms with Crippen LogP contribution in [-0.4, -0.2) is 26.9 Å². The minimum atomic E-state index is -0.575. The molecule has 0 unspecified atom stereocenters. The Balaban J connectivity index is 1.80. The molecule has 144 valence electrons. The first-order valence-electron chi connectivity index (χ1n) is 8.30. The van der Waals surface area contributed by atoms with Crippen molar-refractivity contribution in [3.8, 4) is 16.9 Å². The number of nitrogens with one attached hydrogen (secondary N) is 1. The molecular weight excluding hydrogens is 504 g/mol. The molecule has 3 heterocycles. The van der Waals surface area contributed by atoms with E-state index in [2.05, 4.69) is 47.1 Å². The minimum Gasteiger partial charge on any atom is -0.506 e. The van der Waals surface area contributed by atoms with E-state index in [1.165, 1.54) is 6.20 Å². The molecule has 1 aromatic carbocycles. The Hall–Kier alpha value is -3.04. The molecule has 4 rings (SSSR count). The third-order valence-electron chi connectivity index (χ3n) is 4.36. The fourth-order valence-corrected chi connectivity index (χ4v) is 4.16. The molecule has 0 saturated heterocycles. The molecule has 2 aromatic heterocycles. The predicted octanol–water partition coefficient (Wildman–Crippen LogP) is 3.97. The van der Waals surface area contributed by atoms with Crippen LogP contribution >= 0.6 is 31.9 Å². The van der Waals surface area contributed by atoms with Crippen LogP contribution in [0.2, 0.25) is 0 Å². The smallest absolute Gasteiger partial charge is 0.257 e. The van der Waals surface area contributed by atoms with Gasteiger partial charge in [-0.15, -0.1) is 0 Å². The molecule has 0 radical (unpaired) electrons. The van der Waals surface area contributed by atoms with Gasteiger partial charge in [-0.25, -0.2) is 4.98 Å². The monoisotopic (exact) mass is 514 g/mol. The van der Waals surface area contributed by atoms with Crippen LogP contribution in [0, 0.1) is 0 Å². The molecule has 0 spiro atoms. The van der Waals surface area contributed by atoms with Crippen LogP contribution in [0.1, 0.15) is 21.5 Å². The topological polar surface area (TPSA) is 118 Å². The van der Waals surface area contributed by atoms with Crippen LogP contribution in [0.4, 0.5) is 5.82 Å². The molecule has 29 heavy (non-hydrogen) atoms. The zero-order chi connectivity index (χ0) is 20.7. The number of hydrogen-bond acceptors (Lipinski definition) is 5. The summed E-state index contributed by atoms with van der Waals surface area (Å²) in [5.74, 6) is -0.335. The lowest BCUT2D eigenvalue weighted by molar-refractivity contribution is -0.110. The minimum absolute atomic E-state index is 0.0780. The van der Waals surface area contributed by atoms with Gasteiger partial charge >= 0.3 is 0 Å². The summed E-state index contributed by atoms with van der Waals surface area (Å²) in [5.41, 5.74) is 8.72. The van der Waals surface area contributed by atoms with Crippen LogP contribution in [-0.2, 0) is 4.79 Å². The summed E-state index contributed by atoms with van der Waals surface area (Å²) in [6, 6.07) is 6.84. The lowest BCUT2D eigenvalue weighted by Crippen LogP contribution is -2.11. The number of pyridine rings is 2. The molecule has 0 fully saturated rings. The van der Waals surface area contributed by atoms with Crippen LogP contribution in [0.3, 0.4) is 0 Å². The summed E-state index contributed by atoms with van der Waals surface area (Å²) in [4.78, 5) is 32.3. The number of carbonyl (C=O) groups excluding carboxylic acids is 2. The van der Waals surface area contributed by atoms with Crippen molar-refractivity contribution in [3.63, 3.8) is 0 Å². The van der Waals surface area contributed by atoms with Crippen LogP contribution < -0.4 is 11.1 Å². The van der Waals surface area contributed by atoms with E-state index in [4.69, 9.17) is 5.73 Å². The SMILES string of the molecule is NC(=O)c1cncc(-c2cnc3c(c2)/C(=C/c2cc(Br)c(O)c(Br)c2)C(=O)N3)c1. The van der Waals surface area contributed by atoms with Crippen LogP contribution in [0.5, 0.6) is 5.75 Å². The van der Waals surface area contributed by atoms with Crippen molar-refractivity contribution >= 4 is 61.1 Å². The molecule has 9 heteroatoms. The summed E-state index contributed by atoms with van der Waals surface area (Å²) in [7, 11) is 0. The Bertz CT molecular complexity index is 1200. The first-order chi connectivity index (χ1) is 13.8. The molecule has 3 aromatic rings. The lowest BCUT2D eigenvalue weighted by atomic mass is 10.0. The average Bonchev–Trinajstić information content (AvgIpc) is 3.00. The number of rotatable bonds is 3. The van der Waals surface area contributed by atoms with Gasteiger partial charge in [-0.05, 0) is 67.8 Å². The highest BCUT2D eigenvalue weighted by Crippen LogP contribution is 2.37. The van der Waals surface area contributed by atoms with Crippen molar-refractivity contribution < 1.29 is 14.7 Å². The Morgan fingerprint density at radius 2 is 1.76 bits per heavy atom. The summed E-state index contributed by atoms with van der Waals surface area (Å²) < 4.78 is 0.997. The molecule has 1 aliphatic rings. The number of benzene rings is 1.